The summed E-state index contributed by atoms with van der Waals surface area (Å²) in [6.45, 7) is 0.168. The number of carboxylic acid groups (broad SMARTS) is 1. The number of aromatic nitrogens is 2. The van der Waals surface area contributed by atoms with Crippen LogP contribution in [0.3, 0.4) is 0 Å². The molecule has 0 saturated carbocycles. The van der Waals surface area contributed by atoms with E-state index in [2.05, 4.69) is 0 Å². The van der Waals surface area contributed by atoms with Gasteiger partial charge in [0.15, 0.2) is 0 Å². The molecule has 3 aromatic rings. The summed E-state index contributed by atoms with van der Waals surface area (Å²) in [6.07, 6.45) is 2.78. The number of hydrogen-bond acceptors (Lipinski definition) is 3. The molecule has 0 saturated heterocycles. The average Bonchev–Trinajstić information content (AvgIpc) is 3.05. The third-order valence-electron chi connectivity index (χ3n) is 3.12. The van der Waals surface area contributed by atoms with Crippen LogP contribution in [-0.4, -0.2) is 26.4 Å². The zero-order valence-electron chi connectivity index (χ0n) is 11.0. The van der Waals surface area contributed by atoms with E-state index >= 15 is 0 Å². The van der Waals surface area contributed by atoms with Gasteiger partial charge in [0.2, 0.25) is 0 Å². The van der Waals surface area contributed by atoms with Crippen molar-refractivity contribution in [2.45, 2.75) is 6.61 Å². The normalized spacial score (nSPS) is 10.7. The Kier molecular flexibility index (Phi) is 3.19. The van der Waals surface area contributed by atoms with Crippen LogP contribution in [-0.2, 0) is 11.3 Å². The second kappa shape index (κ2) is 5.16. The third kappa shape index (κ3) is 2.51. The number of nitrogens with zero attached hydrogens (tertiary/aromatic N) is 2. The Bertz CT molecular complexity index is 802. The minimum absolute atomic E-state index is 0.168. The predicted molar refractivity (Wildman–Crippen MR) is 75.4 cm³/mol. The summed E-state index contributed by atoms with van der Waals surface area (Å²) >= 11 is 0. The second-order valence-corrected chi connectivity index (χ2v) is 4.51. The highest BCUT2D eigenvalue weighted by molar-refractivity contribution is 5.91. The van der Waals surface area contributed by atoms with E-state index in [0.717, 1.165) is 10.1 Å². The summed E-state index contributed by atoms with van der Waals surface area (Å²) in [5, 5.41) is 9.67. The Balaban J connectivity index is 1.77. The number of hydrogen-bond donors (Lipinski definition) is 1. The summed E-state index contributed by atoms with van der Waals surface area (Å²) in [6, 6.07) is 11.0. The minimum Gasteiger partial charge on any atom is -0.464 e. The lowest BCUT2D eigenvalue weighted by molar-refractivity contribution is 0.141. The van der Waals surface area contributed by atoms with Crippen LogP contribution in [0.1, 0.15) is 5.56 Å². The molecule has 0 aliphatic heterocycles. The van der Waals surface area contributed by atoms with Crippen LogP contribution in [0.2, 0.25) is 0 Å². The largest absolute Gasteiger partial charge is 0.464 e. The maximum Gasteiger partial charge on any atom is 0.418 e. The lowest BCUT2D eigenvalue weighted by Gasteiger charge is -2.04. The molecule has 0 aliphatic rings. The summed E-state index contributed by atoms with van der Waals surface area (Å²) < 4.78 is 7.48. The van der Waals surface area contributed by atoms with Gasteiger partial charge in [0, 0.05) is 24.0 Å². The molecule has 0 atom stereocenters. The Morgan fingerprint density at radius 1 is 1.10 bits per heavy atom. The molecule has 3 rings (SSSR count). The van der Waals surface area contributed by atoms with E-state index in [1.165, 1.54) is 17.0 Å². The van der Waals surface area contributed by atoms with Gasteiger partial charge in [-0.1, -0.05) is 30.3 Å². The van der Waals surface area contributed by atoms with Gasteiger partial charge in [-0.15, -0.1) is 0 Å². The Labute approximate surface area is 119 Å². The van der Waals surface area contributed by atoms with Crippen molar-refractivity contribution in [3.05, 3.63) is 60.6 Å². The monoisotopic (exact) mass is 284 g/mol. The van der Waals surface area contributed by atoms with E-state index in [1.54, 1.807) is 12.3 Å². The van der Waals surface area contributed by atoms with Crippen molar-refractivity contribution < 1.29 is 19.4 Å². The lowest BCUT2D eigenvalue weighted by atomic mass is 10.2. The number of fused-ring (bicyclic) bond motifs is 1. The Hall–Kier alpha value is -3.02. The highest BCUT2D eigenvalue weighted by Gasteiger charge is 2.13. The fourth-order valence-electron chi connectivity index (χ4n) is 2.09. The van der Waals surface area contributed by atoms with Gasteiger partial charge in [0.05, 0.1) is 5.52 Å². The van der Waals surface area contributed by atoms with Crippen molar-refractivity contribution in [3.63, 3.8) is 0 Å². The first kappa shape index (κ1) is 13.0. The zero-order chi connectivity index (χ0) is 14.8. The van der Waals surface area contributed by atoms with Gasteiger partial charge < -0.3 is 9.84 Å². The fourth-order valence-corrected chi connectivity index (χ4v) is 2.09. The number of benzene rings is 1. The van der Waals surface area contributed by atoms with E-state index < -0.39 is 12.2 Å². The van der Waals surface area contributed by atoms with E-state index in [1.807, 2.05) is 30.3 Å². The van der Waals surface area contributed by atoms with Gasteiger partial charge in [-0.25, -0.2) is 9.59 Å². The van der Waals surface area contributed by atoms with Crippen LogP contribution in [0, 0.1) is 0 Å². The van der Waals surface area contributed by atoms with Crippen molar-refractivity contribution in [3.8, 4) is 0 Å². The first-order valence-electron chi connectivity index (χ1n) is 6.28. The molecule has 0 radical (unpaired) electrons. The standard InChI is InChI=1S/C15H12N2O4/c18-14(19)17-7-6-12-8-16(9-13(12)17)15(20)21-10-11-4-2-1-3-5-11/h1-9H,10H2,(H,18,19). The quantitative estimate of drug-likeness (QED) is 0.784. The van der Waals surface area contributed by atoms with Gasteiger partial charge in [-0.05, 0) is 11.6 Å². The molecular formula is C15H12N2O4. The maximum absolute atomic E-state index is 12.0. The number of carbonyl (C=O) groups is 2. The van der Waals surface area contributed by atoms with Gasteiger partial charge in [-0.3, -0.25) is 9.13 Å². The number of rotatable bonds is 2. The zero-order valence-corrected chi connectivity index (χ0v) is 11.0. The van der Waals surface area contributed by atoms with Crippen molar-refractivity contribution >= 4 is 23.1 Å². The molecule has 106 valence electrons. The molecule has 0 unspecified atom stereocenters. The maximum atomic E-state index is 12.0. The third-order valence-corrected chi connectivity index (χ3v) is 3.12. The van der Waals surface area contributed by atoms with Crippen LogP contribution < -0.4 is 0 Å². The topological polar surface area (TPSA) is 73.5 Å². The van der Waals surface area contributed by atoms with Gasteiger partial charge in [0.25, 0.3) is 0 Å². The van der Waals surface area contributed by atoms with Crippen LogP contribution in [0.5, 0.6) is 0 Å². The molecule has 1 N–H and O–H groups in total. The van der Waals surface area contributed by atoms with Crippen LogP contribution in [0.25, 0.3) is 10.9 Å². The summed E-state index contributed by atoms with van der Waals surface area (Å²) in [5.74, 6) is 0. The van der Waals surface area contributed by atoms with E-state index in [9.17, 15) is 9.59 Å². The molecular weight excluding hydrogens is 272 g/mol. The number of carbonyl (C=O) groups excluding carboxylic acids is 1. The van der Waals surface area contributed by atoms with E-state index in [4.69, 9.17) is 9.84 Å². The van der Waals surface area contributed by atoms with Gasteiger partial charge in [-0.2, -0.15) is 0 Å². The molecule has 6 nitrogen and oxygen atoms in total. The lowest BCUT2D eigenvalue weighted by Crippen LogP contribution is -2.12. The Morgan fingerprint density at radius 2 is 1.86 bits per heavy atom. The average molecular weight is 284 g/mol. The van der Waals surface area contributed by atoms with Crippen molar-refractivity contribution in [1.29, 1.82) is 0 Å². The van der Waals surface area contributed by atoms with Crippen molar-refractivity contribution in [2.24, 2.45) is 0 Å². The van der Waals surface area contributed by atoms with Crippen molar-refractivity contribution in [1.82, 2.24) is 9.13 Å². The van der Waals surface area contributed by atoms with Crippen LogP contribution in [0.4, 0.5) is 9.59 Å². The molecule has 0 spiro atoms. The van der Waals surface area contributed by atoms with Gasteiger partial charge >= 0.3 is 12.2 Å². The molecule has 2 aromatic heterocycles. The predicted octanol–water partition coefficient (Wildman–Crippen LogP) is 3.15. The second-order valence-electron chi connectivity index (χ2n) is 4.51. The molecule has 0 amide bonds. The summed E-state index contributed by atoms with van der Waals surface area (Å²) in [4.78, 5) is 23.0. The molecule has 21 heavy (non-hydrogen) atoms. The van der Waals surface area contributed by atoms with Crippen LogP contribution in [0.15, 0.2) is 55.0 Å². The SMILES string of the molecule is O=C(OCc1ccccc1)n1cc2ccn(C(=O)O)c2c1. The molecule has 6 heteroatoms. The minimum atomic E-state index is -1.10. The number of ether oxygens (including phenoxy) is 1. The van der Waals surface area contributed by atoms with Gasteiger partial charge in [0.1, 0.15) is 6.61 Å². The van der Waals surface area contributed by atoms with E-state index in [0.29, 0.717) is 10.9 Å². The first-order valence-corrected chi connectivity index (χ1v) is 6.28. The fraction of sp³-hybridized carbons (Fsp3) is 0.0667. The molecule has 0 fully saturated rings. The summed E-state index contributed by atoms with van der Waals surface area (Å²) in [7, 11) is 0. The summed E-state index contributed by atoms with van der Waals surface area (Å²) in [5.41, 5.74) is 1.33. The van der Waals surface area contributed by atoms with Crippen LogP contribution >= 0.6 is 0 Å². The molecule has 2 heterocycles. The molecule has 1 aromatic carbocycles. The highest BCUT2D eigenvalue weighted by Crippen LogP contribution is 2.17. The Morgan fingerprint density at radius 3 is 2.57 bits per heavy atom. The smallest absolute Gasteiger partial charge is 0.418 e. The highest BCUT2D eigenvalue weighted by atomic mass is 16.5. The first-order chi connectivity index (χ1) is 10.1. The molecule has 0 aliphatic carbocycles. The molecule has 0 bridgehead atoms. The van der Waals surface area contributed by atoms with E-state index in [-0.39, 0.29) is 6.61 Å². The van der Waals surface area contributed by atoms with Crippen molar-refractivity contribution in [2.75, 3.05) is 0 Å².